The minimum atomic E-state index is -4.25. The van der Waals surface area contributed by atoms with E-state index in [9.17, 15) is 9.67 Å². The smallest absolute Gasteiger partial charge is 0.351 e. The predicted octanol–water partition coefficient (Wildman–Crippen LogP) is 1.37. The molecule has 0 amide bonds. The maximum atomic E-state index is 10.8. The van der Waals surface area contributed by atoms with E-state index in [2.05, 4.69) is 15.0 Å². The molecule has 2 heterocycles. The van der Waals surface area contributed by atoms with Crippen LogP contribution in [-0.4, -0.2) is 40.8 Å². The first-order valence-corrected chi connectivity index (χ1v) is 9.51. The van der Waals surface area contributed by atoms with E-state index in [0.717, 1.165) is 4.90 Å². The number of imidazole rings is 1. The molecule has 0 atom stereocenters. The van der Waals surface area contributed by atoms with E-state index in [1.54, 1.807) is 24.3 Å². The molecule has 0 radical (unpaired) electrons. The van der Waals surface area contributed by atoms with Crippen LogP contribution in [0.15, 0.2) is 40.5 Å². The average molecular weight is 383 g/mol. The Balaban J connectivity index is 1.87. The third-order valence-electron chi connectivity index (χ3n) is 2.99. The molecule has 10 nitrogen and oxygen atoms in total. The number of anilines is 1. The molecule has 0 unspecified atom stereocenters. The van der Waals surface area contributed by atoms with Gasteiger partial charge in [-0.15, -0.1) is 0 Å². The van der Waals surface area contributed by atoms with Crippen molar-refractivity contribution in [2.24, 2.45) is 0 Å². The number of phenols is 1. The number of nitrogen functional groups attached to an aromatic ring is 1. The fourth-order valence-electron chi connectivity index (χ4n) is 1.98. The first-order valence-electron chi connectivity index (χ1n) is 6.89. The molecule has 0 fully saturated rings. The molecular weight excluding hydrogens is 369 g/mol. The zero-order chi connectivity index (χ0) is 18.0. The molecule has 0 bridgehead atoms. The molecule has 0 spiro atoms. The number of benzene rings is 1. The largest absolute Gasteiger partial charge is 0.508 e. The van der Waals surface area contributed by atoms with Crippen molar-refractivity contribution < 1.29 is 24.2 Å². The van der Waals surface area contributed by atoms with Gasteiger partial charge in [-0.25, -0.2) is 9.97 Å². The lowest BCUT2D eigenvalue weighted by molar-refractivity contribution is 0.102. The van der Waals surface area contributed by atoms with Crippen LogP contribution in [0.5, 0.6) is 5.75 Å². The van der Waals surface area contributed by atoms with Crippen molar-refractivity contribution in [2.75, 3.05) is 12.1 Å². The van der Waals surface area contributed by atoms with Crippen molar-refractivity contribution in [2.45, 2.75) is 16.7 Å². The van der Waals surface area contributed by atoms with E-state index >= 15 is 0 Å². The number of aromatic nitrogens is 4. The average Bonchev–Trinajstić information content (AvgIpc) is 2.91. The highest BCUT2D eigenvalue weighted by Gasteiger charge is 2.16. The molecule has 3 rings (SSSR count). The summed E-state index contributed by atoms with van der Waals surface area (Å²) in [5.74, 6) is 0.189. The van der Waals surface area contributed by atoms with Gasteiger partial charge in [0.25, 0.3) is 0 Å². The second kappa shape index (κ2) is 6.98. The fraction of sp³-hybridized carbons (Fsp3) is 0.154. The van der Waals surface area contributed by atoms with Gasteiger partial charge >= 0.3 is 7.60 Å². The Bertz CT molecular complexity index is 942. The molecule has 5 N–H and O–H groups in total. The van der Waals surface area contributed by atoms with Gasteiger partial charge < -0.3 is 25.4 Å². The number of nitrogens with two attached hydrogens (primary N) is 1. The van der Waals surface area contributed by atoms with Crippen LogP contribution in [0.3, 0.4) is 0 Å². The molecule has 25 heavy (non-hydrogen) atoms. The normalized spacial score (nSPS) is 11.9. The van der Waals surface area contributed by atoms with Gasteiger partial charge in [-0.05, 0) is 24.3 Å². The lowest BCUT2D eigenvalue weighted by atomic mass is 10.3. The van der Waals surface area contributed by atoms with Crippen molar-refractivity contribution in [3.05, 3.63) is 30.6 Å². The van der Waals surface area contributed by atoms with Gasteiger partial charge in [0.15, 0.2) is 12.0 Å². The zero-order valence-corrected chi connectivity index (χ0v) is 14.4. The van der Waals surface area contributed by atoms with E-state index < -0.39 is 13.9 Å². The number of phenolic OH excluding ortho intramolecular Hbond substituents is 1. The molecule has 0 aliphatic carbocycles. The summed E-state index contributed by atoms with van der Waals surface area (Å²) in [5, 5.41) is 9.86. The van der Waals surface area contributed by atoms with Crippen LogP contribution in [0, 0.1) is 0 Å². The maximum Gasteiger partial charge on any atom is 0.351 e. The van der Waals surface area contributed by atoms with E-state index in [-0.39, 0.29) is 18.4 Å². The second-order valence-electron chi connectivity index (χ2n) is 5.00. The molecule has 0 saturated heterocycles. The quantitative estimate of drug-likeness (QED) is 0.362. The number of hydrogen-bond donors (Lipinski definition) is 4. The van der Waals surface area contributed by atoms with Gasteiger partial charge in [-0.3, -0.25) is 9.13 Å². The summed E-state index contributed by atoms with van der Waals surface area (Å²) in [6, 6.07) is 6.56. The summed E-state index contributed by atoms with van der Waals surface area (Å²) in [5.41, 5.74) is 6.61. The maximum absolute atomic E-state index is 10.8. The number of aromatic hydroxyl groups is 1. The molecule has 0 saturated carbocycles. The molecule has 12 heteroatoms. The summed E-state index contributed by atoms with van der Waals surface area (Å²) >= 11 is 1.30. The number of hydrogen-bond acceptors (Lipinski definition) is 8. The lowest BCUT2D eigenvalue weighted by Gasteiger charge is -2.08. The highest BCUT2D eigenvalue weighted by Crippen LogP contribution is 2.34. The Morgan fingerprint density at radius 2 is 1.96 bits per heavy atom. The van der Waals surface area contributed by atoms with Crippen molar-refractivity contribution in [1.29, 1.82) is 0 Å². The molecular formula is C13H14N5O5PS. The van der Waals surface area contributed by atoms with E-state index in [0.29, 0.717) is 16.2 Å². The summed E-state index contributed by atoms with van der Waals surface area (Å²) in [7, 11) is -4.25. The van der Waals surface area contributed by atoms with Crippen molar-refractivity contribution in [3.8, 4) is 5.75 Å². The second-order valence-corrected chi connectivity index (χ2v) is 7.65. The lowest BCUT2D eigenvalue weighted by Crippen LogP contribution is -2.05. The highest BCUT2D eigenvalue weighted by molar-refractivity contribution is 7.99. The molecule has 3 aromatic rings. The van der Waals surface area contributed by atoms with Crippen LogP contribution >= 0.6 is 19.4 Å². The minimum Gasteiger partial charge on any atom is -0.508 e. The standard InChI is InChI=1S/C13H14N5O5PS/c14-13-16-11-10(15-5-18(11)6-23-7-24(20,21)22)12(17-13)25-9-3-1-8(19)2-4-9/h1-5,19H,6-7H2,(H2,14,16,17)(H2,20,21,22). The third kappa shape index (κ3) is 4.47. The van der Waals surface area contributed by atoms with Gasteiger partial charge in [0, 0.05) is 4.90 Å². The number of nitrogens with zero attached hydrogens (tertiary/aromatic N) is 4. The van der Waals surface area contributed by atoms with Crippen molar-refractivity contribution in [1.82, 2.24) is 19.5 Å². The van der Waals surface area contributed by atoms with Crippen LogP contribution in [-0.2, 0) is 16.0 Å². The van der Waals surface area contributed by atoms with Gasteiger partial charge in [0.05, 0.1) is 6.33 Å². The van der Waals surface area contributed by atoms with Gasteiger partial charge in [0.1, 0.15) is 23.0 Å². The zero-order valence-electron chi connectivity index (χ0n) is 12.7. The van der Waals surface area contributed by atoms with Gasteiger partial charge in [0.2, 0.25) is 5.95 Å². The van der Waals surface area contributed by atoms with Crippen LogP contribution < -0.4 is 5.73 Å². The summed E-state index contributed by atoms with van der Waals surface area (Å²) in [4.78, 5) is 31.0. The van der Waals surface area contributed by atoms with Crippen LogP contribution in [0.1, 0.15) is 0 Å². The van der Waals surface area contributed by atoms with Crippen LogP contribution in [0.25, 0.3) is 11.2 Å². The van der Waals surface area contributed by atoms with Crippen molar-refractivity contribution >= 4 is 36.5 Å². The Hall–Kier alpha value is -2.17. The first-order chi connectivity index (χ1) is 11.8. The predicted molar refractivity (Wildman–Crippen MR) is 90.0 cm³/mol. The number of fused-ring (bicyclic) bond motifs is 1. The van der Waals surface area contributed by atoms with Gasteiger partial charge in [-0.2, -0.15) is 4.98 Å². The molecule has 1 aromatic carbocycles. The van der Waals surface area contributed by atoms with Gasteiger partial charge in [-0.1, -0.05) is 11.8 Å². The Labute approximate surface area is 145 Å². The highest BCUT2D eigenvalue weighted by atomic mass is 32.2. The van der Waals surface area contributed by atoms with Crippen molar-refractivity contribution in [3.63, 3.8) is 0 Å². The summed E-state index contributed by atoms with van der Waals surface area (Å²) in [6.45, 7) is -0.138. The fourth-order valence-corrected chi connectivity index (χ4v) is 3.18. The first kappa shape index (κ1) is 17.6. The Kier molecular flexibility index (Phi) is 4.93. The Morgan fingerprint density at radius 3 is 2.64 bits per heavy atom. The van der Waals surface area contributed by atoms with E-state index in [4.69, 9.17) is 20.3 Å². The molecule has 0 aliphatic heterocycles. The SMILES string of the molecule is Nc1nc(Sc2ccc(O)cc2)c2ncn(COCP(=O)(O)O)c2n1. The molecule has 0 aliphatic rings. The van der Waals surface area contributed by atoms with E-state index in [1.165, 1.54) is 22.7 Å². The molecule has 132 valence electrons. The van der Waals surface area contributed by atoms with E-state index in [1.807, 2.05) is 0 Å². The van der Waals surface area contributed by atoms with Crippen LogP contribution in [0.4, 0.5) is 5.95 Å². The minimum absolute atomic E-state index is 0.0329. The summed E-state index contributed by atoms with van der Waals surface area (Å²) < 4.78 is 17.3. The third-order valence-corrected chi connectivity index (χ3v) is 4.50. The molecule has 2 aromatic heterocycles. The monoisotopic (exact) mass is 383 g/mol. The number of rotatable bonds is 6. The number of ether oxygens (including phenoxy) is 1. The van der Waals surface area contributed by atoms with Crippen LogP contribution in [0.2, 0.25) is 0 Å². The summed E-state index contributed by atoms with van der Waals surface area (Å²) in [6.07, 6.45) is 0.724. The topological polar surface area (TPSA) is 157 Å². The Morgan fingerprint density at radius 1 is 1.24 bits per heavy atom.